The van der Waals surface area contributed by atoms with E-state index in [0.717, 1.165) is 11.3 Å². The Bertz CT molecular complexity index is 445. The number of amides is 1. The van der Waals surface area contributed by atoms with Crippen molar-refractivity contribution in [2.24, 2.45) is 0 Å². The van der Waals surface area contributed by atoms with Crippen molar-refractivity contribution in [1.29, 1.82) is 0 Å². The Kier molecular flexibility index (Phi) is 7.76. The highest BCUT2D eigenvalue weighted by atomic mass is 32.2. The van der Waals surface area contributed by atoms with Gasteiger partial charge in [-0.25, -0.2) is 4.79 Å². The molecule has 0 bridgehead atoms. The van der Waals surface area contributed by atoms with E-state index < -0.39 is 11.7 Å². The number of alkyl carbamates (subject to hydrolysis) is 1. The molecule has 0 saturated heterocycles. The number of ether oxygens (including phenoxy) is 2. The van der Waals surface area contributed by atoms with Gasteiger partial charge < -0.3 is 14.8 Å². The summed E-state index contributed by atoms with van der Waals surface area (Å²) in [6.45, 7) is 10.1. The van der Waals surface area contributed by atoms with Crippen LogP contribution >= 0.6 is 11.8 Å². The van der Waals surface area contributed by atoms with Gasteiger partial charge in [0.2, 0.25) is 0 Å². The molecule has 124 valence electrons. The normalized spacial score (nSPS) is 14.2. The molecule has 0 aliphatic rings. The molecule has 2 unspecified atom stereocenters. The summed E-state index contributed by atoms with van der Waals surface area (Å²) >= 11 is 1.67. The number of rotatable bonds is 7. The molecule has 2 atom stereocenters. The van der Waals surface area contributed by atoms with Crippen molar-refractivity contribution in [3.8, 4) is 0 Å². The molecule has 5 heteroatoms. The zero-order chi connectivity index (χ0) is 16.6. The number of hydrogen-bond acceptors (Lipinski definition) is 4. The van der Waals surface area contributed by atoms with E-state index in [1.807, 2.05) is 58.0 Å². The Labute approximate surface area is 138 Å². The molecule has 0 fully saturated rings. The lowest BCUT2D eigenvalue weighted by atomic mass is 10.2. The van der Waals surface area contributed by atoms with E-state index in [9.17, 15) is 4.79 Å². The molecule has 0 aromatic heterocycles. The third kappa shape index (κ3) is 7.71. The van der Waals surface area contributed by atoms with Crippen LogP contribution in [0.4, 0.5) is 4.79 Å². The fourth-order valence-electron chi connectivity index (χ4n) is 1.82. The highest BCUT2D eigenvalue weighted by Gasteiger charge is 2.23. The average molecular weight is 325 g/mol. The Morgan fingerprint density at radius 2 is 1.91 bits per heavy atom. The molecule has 1 aromatic rings. The van der Waals surface area contributed by atoms with Crippen LogP contribution in [0, 0.1) is 0 Å². The van der Waals surface area contributed by atoms with Crippen LogP contribution in [0.15, 0.2) is 30.3 Å². The van der Waals surface area contributed by atoms with Gasteiger partial charge in [-0.2, -0.15) is 0 Å². The number of carbonyl (C=O) groups excluding carboxylic acids is 1. The van der Waals surface area contributed by atoms with Gasteiger partial charge in [-0.3, -0.25) is 0 Å². The quantitative estimate of drug-likeness (QED) is 0.763. The van der Waals surface area contributed by atoms with Gasteiger partial charge in [0.25, 0.3) is 0 Å². The molecule has 0 radical (unpaired) electrons. The van der Waals surface area contributed by atoms with Gasteiger partial charge in [-0.05, 0) is 39.0 Å². The average Bonchev–Trinajstić information content (AvgIpc) is 2.42. The third-order valence-electron chi connectivity index (χ3n) is 2.74. The summed E-state index contributed by atoms with van der Waals surface area (Å²) in [5.74, 6) is 0.916. The molecular weight excluding hydrogens is 298 g/mol. The zero-order valence-electron chi connectivity index (χ0n) is 14.1. The fraction of sp³-hybridized carbons (Fsp3) is 0.588. The second-order valence-corrected chi connectivity index (χ2v) is 7.43. The van der Waals surface area contributed by atoms with Gasteiger partial charge >= 0.3 is 6.09 Å². The van der Waals surface area contributed by atoms with Crippen LogP contribution in [-0.2, 0) is 16.1 Å². The van der Waals surface area contributed by atoms with E-state index in [2.05, 4.69) is 12.2 Å². The second kappa shape index (κ2) is 9.06. The van der Waals surface area contributed by atoms with Crippen molar-refractivity contribution in [1.82, 2.24) is 5.32 Å². The van der Waals surface area contributed by atoms with E-state index in [4.69, 9.17) is 9.47 Å². The van der Waals surface area contributed by atoms with E-state index in [0.29, 0.717) is 6.61 Å². The second-order valence-electron chi connectivity index (χ2n) is 6.06. The van der Waals surface area contributed by atoms with Gasteiger partial charge in [-0.15, -0.1) is 11.8 Å². The van der Waals surface area contributed by atoms with Crippen molar-refractivity contribution in [2.45, 2.75) is 58.3 Å². The van der Waals surface area contributed by atoms with Gasteiger partial charge in [0.05, 0.1) is 12.6 Å². The molecule has 1 N–H and O–H groups in total. The standard InChI is InChI=1S/C17H27NO3S/c1-6-22-15(20-12-14-10-8-7-9-11-14)13(2)18-16(19)21-17(3,4)5/h7-11,13,15H,6,12H2,1-5H3,(H,18,19). The van der Waals surface area contributed by atoms with Crippen LogP contribution < -0.4 is 5.32 Å². The Morgan fingerprint density at radius 1 is 1.27 bits per heavy atom. The number of thioether (sulfide) groups is 1. The first-order chi connectivity index (χ1) is 10.3. The van der Waals surface area contributed by atoms with Crippen molar-refractivity contribution in [2.75, 3.05) is 5.75 Å². The molecule has 4 nitrogen and oxygen atoms in total. The maximum atomic E-state index is 11.9. The maximum Gasteiger partial charge on any atom is 0.407 e. The number of benzene rings is 1. The fourth-order valence-corrected chi connectivity index (χ4v) is 2.66. The van der Waals surface area contributed by atoms with Gasteiger partial charge in [-0.1, -0.05) is 37.3 Å². The van der Waals surface area contributed by atoms with Gasteiger partial charge in [0, 0.05) is 0 Å². The maximum absolute atomic E-state index is 11.9. The summed E-state index contributed by atoms with van der Waals surface area (Å²) in [5, 5.41) is 2.85. The Balaban J connectivity index is 2.52. The van der Waals surface area contributed by atoms with E-state index >= 15 is 0 Å². The predicted molar refractivity (Wildman–Crippen MR) is 92.0 cm³/mol. The smallest absolute Gasteiger partial charge is 0.407 e. The van der Waals surface area contributed by atoms with Gasteiger partial charge in [0.1, 0.15) is 11.0 Å². The molecule has 0 heterocycles. The van der Waals surface area contributed by atoms with Crippen LogP contribution in [0.5, 0.6) is 0 Å². The molecule has 22 heavy (non-hydrogen) atoms. The minimum atomic E-state index is -0.498. The molecule has 0 saturated carbocycles. The third-order valence-corrected chi connectivity index (χ3v) is 3.95. The van der Waals surface area contributed by atoms with Crippen molar-refractivity contribution < 1.29 is 14.3 Å². The minimum absolute atomic E-state index is 0.113. The van der Waals surface area contributed by atoms with Crippen molar-refractivity contribution >= 4 is 17.9 Å². The molecule has 1 aromatic carbocycles. The predicted octanol–water partition coefficient (Wildman–Crippen LogP) is 4.20. The molecular formula is C17H27NO3S. The number of carbonyl (C=O) groups is 1. The first-order valence-electron chi connectivity index (χ1n) is 7.58. The molecule has 0 spiro atoms. The molecule has 1 rings (SSSR count). The summed E-state index contributed by atoms with van der Waals surface area (Å²) in [5.41, 5.74) is 0.508. The van der Waals surface area contributed by atoms with E-state index in [1.165, 1.54) is 0 Å². The van der Waals surface area contributed by atoms with E-state index in [1.54, 1.807) is 11.8 Å². The number of hydrogen-bond donors (Lipinski definition) is 1. The lowest BCUT2D eigenvalue weighted by Gasteiger charge is -2.26. The first kappa shape index (κ1) is 18.8. The lowest BCUT2D eigenvalue weighted by Crippen LogP contribution is -2.43. The highest BCUT2D eigenvalue weighted by Crippen LogP contribution is 2.18. The van der Waals surface area contributed by atoms with Crippen LogP contribution in [0.3, 0.4) is 0 Å². The molecule has 1 amide bonds. The topological polar surface area (TPSA) is 47.6 Å². The van der Waals surface area contributed by atoms with Crippen LogP contribution in [0.25, 0.3) is 0 Å². The summed E-state index contributed by atoms with van der Waals surface area (Å²) in [4.78, 5) is 11.9. The van der Waals surface area contributed by atoms with Crippen LogP contribution in [-0.4, -0.2) is 28.9 Å². The zero-order valence-corrected chi connectivity index (χ0v) is 14.9. The van der Waals surface area contributed by atoms with Gasteiger partial charge in [0.15, 0.2) is 0 Å². The minimum Gasteiger partial charge on any atom is -0.444 e. The van der Waals surface area contributed by atoms with Crippen LogP contribution in [0.2, 0.25) is 0 Å². The monoisotopic (exact) mass is 325 g/mol. The SMILES string of the molecule is CCSC(OCc1ccccc1)C(C)NC(=O)OC(C)(C)C. The first-order valence-corrected chi connectivity index (χ1v) is 8.63. The Hall–Kier alpha value is -1.20. The lowest BCUT2D eigenvalue weighted by molar-refractivity contribution is 0.0394. The van der Waals surface area contributed by atoms with Crippen molar-refractivity contribution in [3.63, 3.8) is 0 Å². The van der Waals surface area contributed by atoms with E-state index in [-0.39, 0.29) is 11.5 Å². The summed E-state index contributed by atoms with van der Waals surface area (Å²) in [6.07, 6.45) is -0.412. The van der Waals surface area contributed by atoms with Crippen LogP contribution in [0.1, 0.15) is 40.2 Å². The summed E-state index contributed by atoms with van der Waals surface area (Å²) in [7, 11) is 0. The summed E-state index contributed by atoms with van der Waals surface area (Å²) in [6, 6.07) is 9.88. The number of nitrogens with one attached hydrogen (secondary N) is 1. The highest BCUT2D eigenvalue weighted by molar-refractivity contribution is 7.99. The largest absolute Gasteiger partial charge is 0.444 e. The Morgan fingerprint density at radius 3 is 2.45 bits per heavy atom. The van der Waals surface area contributed by atoms with Crippen molar-refractivity contribution in [3.05, 3.63) is 35.9 Å². The molecule has 0 aliphatic carbocycles. The molecule has 0 aliphatic heterocycles. The summed E-state index contributed by atoms with van der Waals surface area (Å²) < 4.78 is 11.2.